The summed E-state index contributed by atoms with van der Waals surface area (Å²) in [5.74, 6) is 1.49. The normalized spacial score (nSPS) is 15.0. The van der Waals surface area contributed by atoms with Crippen molar-refractivity contribution in [1.82, 2.24) is 10.6 Å². The molecule has 0 aromatic heterocycles. The SMILES string of the molecule is CC(C)N[C@@H](C)C(C)C.CC(C)N[C@H](C)C(C)C. The minimum Gasteiger partial charge on any atom is -0.312 e. The van der Waals surface area contributed by atoms with E-state index in [4.69, 9.17) is 0 Å². The van der Waals surface area contributed by atoms with E-state index in [0.717, 1.165) is 11.8 Å². The molecule has 0 aromatic carbocycles. The molecule has 0 rings (SSSR count). The van der Waals surface area contributed by atoms with E-state index in [2.05, 4.69) is 79.9 Å². The molecular weight excluding hydrogens is 220 g/mol. The van der Waals surface area contributed by atoms with Gasteiger partial charge in [0, 0.05) is 24.2 Å². The highest BCUT2D eigenvalue weighted by Crippen LogP contribution is 2.00. The molecule has 0 heterocycles. The van der Waals surface area contributed by atoms with Gasteiger partial charge in [-0.15, -0.1) is 0 Å². The Morgan fingerprint density at radius 1 is 0.444 bits per heavy atom. The molecule has 0 aliphatic heterocycles. The van der Waals surface area contributed by atoms with E-state index in [1.54, 1.807) is 0 Å². The maximum Gasteiger partial charge on any atom is 0.00640 e. The van der Waals surface area contributed by atoms with Gasteiger partial charge in [0.05, 0.1) is 0 Å². The molecule has 2 atom stereocenters. The van der Waals surface area contributed by atoms with Crippen LogP contribution in [0.25, 0.3) is 0 Å². The van der Waals surface area contributed by atoms with Crippen LogP contribution < -0.4 is 10.6 Å². The van der Waals surface area contributed by atoms with Crippen LogP contribution in [0.5, 0.6) is 0 Å². The Labute approximate surface area is 116 Å². The summed E-state index contributed by atoms with van der Waals surface area (Å²) in [6.45, 7) is 22.1. The third-order valence-corrected chi connectivity index (χ3v) is 3.19. The minimum absolute atomic E-state index is 0.613. The molecule has 0 fully saturated rings. The van der Waals surface area contributed by atoms with Crippen LogP contribution in [0, 0.1) is 11.8 Å². The lowest BCUT2D eigenvalue weighted by Crippen LogP contribution is -2.35. The third-order valence-electron chi connectivity index (χ3n) is 3.19. The first-order valence-corrected chi connectivity index (χ1v) is 7.59. The molecule has 0 aromatic rings. The van der Waals surface area contributed by atoms with Crippen molar-refractivity contribution in [2.45, 2.75) is 93.4 Å². The molecule has 2 heteroatoms. The predicted molar refractivity (Wildman–Crippen MR) is 85.1 cm³/mol. The second kappa shape index (κ2) is 10.8. The van der Waals surface area contributed by atoms with Crippen molar-refractivity contribution in [1.29, 1.82) is 0 Å². The summed E-state index contributed by atoms with van der Waals surface area (Å²) in [5, 5.41) is 6.88. The fourth-order valence-electron chi connectivity index (χ4n) is 1.44. The lowest BCUT2D eigenvalue weighted by atomic mass is 10.1. The van der Waals surface area contributed by atoms with Gasteiger partial charge in [0.25, 0.3) is 0 Å². The highest BCUT2D eigenvalue weighted by Gasteiger charge is 2.06. The molecule has 0 unspecified atom stereocenters. The Balaban J connectivity index is 0. The Bertz CT molecular complexity index is 154. The van der Waals surface area contributed by atoms with Gasteiger partial charge in [-0.1, -0.05) is 55.4 Å². The van der Waals surface area contributed by atoms with Crippen molar-refractivity contribution in [3.63, 3.8) is 0 Å². The zero-order valence-corrected chi connectivity index (χ0v) is 14.5. The molecule has 112 valence electrons. The topological polar surface area (TPSA) is 24.1 Å². The molecule has 0 saturated carbocycles. The fraction of sp³-hybridized carbons (Fsp3) is 1.00. The van der Waals surface area contributed by atoms with Crippen LogP contribution in [0.3, 0.4) is 0 Å². The summed E-state index contributed by atoms with van der Waals surface area (Å²) in [4.78, 5) is 0. The molecule has 0 amide bonds. The summed E-state index contributed by atoms with van der Waals surface area (Å²) in [5.41, 5.74) is 0. The first kappa shape index (κ1) is 20.2. The molecule has 0 saturated heterocycles. The van der Waals surface area contributed by atoms with Gasteiger partial charge in [-0.05, 0) is 25.7 Å². The lowest BCUT2D eigenvalue weighted by molar-refractivity contribution is 0.396. The van der Waals surface area contributed by atoms with E-state index in [1.807, 2.05) is 0 Å². The third kappa shape index (κ3) is 14.0. The maximum absolute atomic E-state index is 3.44. The minimum atomic E-state index is 0.613. The Kier molecular flexibility index (Phi) is 12.2. The van der Waals surface area contributed by atoms with Crippen LogP contribution in [0.2, 0.25) is 0 Å². The van der Waals surface area contributed by atoms with Gasteiger partial charge < -0.3 is 10.6 Å². The average molecular weight is 258 g/mol. The van der Waals surface area contributed by atoms with Crippen molar-refractivity contribution in [2.24, 2.45) is 11.8 Å². The van der Waals surface area contributed by atoms with Crippen LogP contribution in [-0.2, 0) is 0 Å². The van der Waals surface area contributed by atoms with Crippen molar-refractivity contribution >= 4 is 0 Å². The van der Waals surface area contributed by atoms with E-state index >= 15 is 0 Å². The van der Waals surface area contributed by atoms with Crippen molar-refractivity contribution in [2.75, 3.05) is 0 Å². The van der Waals surface area contributed by atoms with E-state index in [9.17, 15) is 0 Å². The fourth-order valence-corrected chi connectivity index (χ4v) is 1.44. The smallest absolute Gasteiger partial charge is 0.00640 e. The van der Waals surface area contributed by atoms with Crippen LogP contribution in [-0.4, -0.2) is 24.2 Å². The highest BCUT2D eigenvalue weighted by molar-refractivity contribution is 4.66. The summed E-state index contributed by atoms with van der Waals surface area (Å²) in [7, 11) is 0. The first-order valence-electron chi connectivity index (χ1n) is 7.59. The quantitative estimate of drug-likeness (QED) is 0.751. The second-order valence-electron chi connectivity index (χ2n) is 6.71. The van der Waals surface area contributed by atoms with Gasteiger partial charge in [0.2, 0.25) is 0 Å². The second-order valence-corrected chi connectivity index (χ2v) is 6.71. The molecule has 18 heavy (non-hydrogen) atoms. The van der Waals surface area contributed by atoms with Gasteiger partial charge in [-0.2, -0.15) is 0 Å². The van der Waals surface area contributed by atoms with Gasteiger partial charge >= 0.3 is 0 Å². The predicted octanol–water partition coefficient (Wildman–Crippen LogP) is 4.06. The lowest BCUT2D eigenvalue weighted by Gasteiger charge is -2.19. The van der Waals surface area contributed by atoms with E-state index < -0.39 is 0 Å². The summed E-state index contributed by atoms with van der Waals surface area (Å²) >= 11 is 0. The maximum atomic E-state index is 3.44. The molecule has 0 aliphatic rings. The zero-order chi connectivity index (χ0) is 14.9. The average Bonchev–Trinajstić information content (AvgIpc) is 2.16. The number of hydrogen-bond donors (Lipinski definition) is 2. The largest absolute Gasteiger partial charge is 0.312 e. The van der Waals surface area contributed by atoms with E-state index in [0.29, 0.717) is 24.2 Å². The summed E-state index contributed by atoms with van der Waals surface area (Å²) in [6, 6.07) is 2.51. The van der Waals surface area contributed by atoms with Gasteiger partial charge in [0.15, 0.2) is 0 Å². The van der Waals surface area contributed by atoms with Crippen molar-refractivity contribution in [3.05, 3.63) is 0 Å². The standard InChI is InChI=1S/2C8H19N/c2*1-6(2)8(5)9-7(3)4/h2*6-9H,1-5H3/t2*8-/m10/s1. The van der Waals surface area contributed by atoms with E-state index in [1.165, 1.54) is 0 Å². The molecule has 0 spiro atoms. The van der Waals surface area contributed by atoms with Gasteiger partial charge in [-0.3, -0.25) is 0 Å². The summed E-state index contributed by atoms with van der Waals surface area (Å²) < 4.78 is 0. The number of hydrogen-bond acceptors (Lipinski definition) is 2. The molecule has 0 aliphatic carbocycles. The molecule has 2 N–H and O–H groups in total. The van der Waals surface area contributed by atoms with E-state index in [-0.39, 0.29) is 0 Å². The van der Waals surface area contributed by atoms with Crippen molar-refractivity contribution < 1.29 is 0 Å². The van der Waals surface area contributed by atoms with Gasteiger partial charge in [0.1, 0.15) is 0 Å². The zero-order valence-electron chi connectivity index (χ0n) is 14.5. The van der Waals surface area contributed by atoms with Crippen LogP contribution >= 0.6 is 0 Å². The molecule has 0 radical (unpaired) electrons. The Morgan fingerprint density at radius 2 is 0.667 bits per heavy atom. The van der Waals surface area contributed by atoms with Crippen molar-refractivity contribution in [3.8, 4) is 0 Å². The van der Waals surface area contributed by atoms with Gasteiger partial charge in [-0.25, -0.2) is 0 Å². The first-order chi connectivity index (χ1) is 8.07. The van der Waals surface area contributed by atoms with Crippen LogP contribution in [0.15, 0.2) is 0 Å². The number of rotatable bonds is 6. The Morgan fingerprint density at radius 3 is 0.722 bits per heavy atom. The highest BCUT2D eigenvalue weighted by atomic mass is 14.9. The molecule has 2 nitrogen and oxygen atoms in total. The monoisotopic (exact) mass is 258 g/mol. The molecule has 0 bridgehead atoms. The van der Waals surface area contributed by atoms with Crippen LogP contribution in [0.1, 0.15) is 69.2 Å². The molecular formula is C16H38N2. The number of nitrogens with one attached hydrogen (secondary N) is 2. The Hall–Kier alpha value is -0.0800. The van der Waals surface area contributed by atoms with Crippen LogP contribution in [0.4, 0.5) is 0 Å². The summed E-state index contributed by atoms with van der Waals surface area (Å²) in [6.07, 6.45) is 0.